The van der Waals surface area contributed by atoms with Gasteiger partial charge in [-0.25, -0.2) is 4.79 Å². The first-order valence-electron chi connectivity index (χ1n) is 14.2. The number of carbonyl (C=O) groups excluding carboxylic acids is 3. The van der Waals surface area contributed by atoms with E-state index in [1.54, 1.807) is 11.8 Å². The number of thioether (sulfide) groups is 1. The van der Waals surface area contributed by atoms with E-state index >= 15 is 0 Å². The summed E-state index contributed by atoms with van der Waals surface area (Å²) >= 11 is 1.63. The van der Waals surface area contributed by atoms with Crippen molar-refractivity contribution in [1.82, 2.24) is 4.57 Å². The Morgan fingerprint density at radius 3 is 2.45 bits per heavy atom. The molecule has 6 nitrogen and oxygen atoms in total. The van der Waals surface area contributed by atoms with E-state index in [0.717, 1.165) is 39.2 Å². The molecular weight excluding hydrogens is 544 g/mol. The average molecular weight is 579 g/mol. The molecule has 0 bridgehead atoms. The fourth-order valence-electron chi connectivity index (χ4n) is 5.43. The molecule has 0 radical (unpaired) electrons. The van der Waals surface area contributed by atoms with Crippen LogP contribution in [0.1, 0.15) is 65.0 Å². The maximum atomic E-state index is 13.8. The van der Waals surface area contributed by atoms with Crippen LogP contribution in [0.15, 0.2) is 82.4 Å². The average Bonchev–Trinajstić information content (AvgIpc) is 3.31. The van der Waals surface area contributed by atoms with Gasteiger partial charge < -0.3 is 9.40 Å². The van der Waals surface area contributed by atoms with E-state index in [1.165, 1.54) is 12.5 Å². The monoisotopic (exact) mass is 578 g/mol. The third-order valence-electron chi connectivity index (χ3n) is 7.60. The first-order chi connectivity index (χ1) is 20.3. The van der Waals surface area contributed by atoms with Crippen molar-refractivity contribution in [3.8, 4) is 0 Å². The number of aromatic nitrogens is 1. The number of carbonyl (C=O) groups is 3. The molecule has 0 atom stereocenters. The summed E-state index contributed by atoms with van der Waals surface area (Å²) in [6.07, 6.45) is 3.55. The van der Waals surface area contributed by atoms with Gasteiger partial charge >= 0.3 is 5.97 Å². The molecular formula is C35H34N2O4S. The van der Waals surface area contributed by atoms with Gasteiger partial charge in [0.15, 0.2) is 5.78 Å². The lowest BCUT2D eigenvalue weighted by Gasteiger charge is -2.16. The second-order valence-electron chi connectivity index (χ2n) is 10.5. The standard InChI is InChI=1S/C35H34N2O4S/c1-5-37-32-16-12-25(34(39)28-9-7-6-8-23(28)3)20-29(32)30-21-26(13-17-33(30)37)35(40)31(36-41-24(4)38)18-19-42-27-14-10-22(2)11-15-27/h6-12,14-16,20-21H,5,13,17-19H2,1-4H3. The predicted octanol–water partition coefficient (Wildman–Crippen LogP) is 7.51. The van der Waals surface area contributed by atoms with Crippen LogP contribution in [0.3, 0.4) is 0 Å². The number of oxime groups is 1. The first-order valence-corrected chi connectivity index (χ1v) is 15.2. The van der Waals surface area contributed by atoms with Crippen LogP contribution in [-0.2, 0) is 27.4 Å². The van der Waals surface area contributed by atoms with Gasteiger partial charge in [-0.15, -0.1) is 11.8 Å². The molecule has 0 N–H and O–H groups in total. The zero-order valence-electron chi connectivity index (χ0n) is 24.4. The minimum Gasteiger partial charge on any atom is -0.344 e. The summed E-state index contributed by atoms with van der Waals surface area (Å²) in [5, 5.41) is 4.92. The predicted molar refractivity (Wildman–Crippen MR) is 169 cm³/mol. The largest absolute Gasteiger partial charge is 0.344 e. The number of allylic oxidation sites excluding steroid dienone is 1. The van der Waals surface area contributed by atoms with Crippen molar-refractivity contribution in [2.24, 2.45) is 5.16 Å². The molecule has 0 aliphatic heterocycles. The Balaban J connectivity index is 1.47. The molecule has 3 aromatic carbocycles. The second-order valence-corrected chi connectivity index (χ2v) is 11.7. The van der Waals surface area contributed by atoms with Gasteiger partial charge in [-0.3, -0.25) is 9.59 Å². The molecule has 5 rings (SSSR count). The Kier molecular flexibility index (Phi) is 8.88. The Morgan fingerprint density at radius 1 is 0.976 bits per heavy atom. The molecule has 1 heterocycles. The highest BCUT2D eigenvalue weighted by Crippen LogP contribution is 2.35. The van der Waals surface area contributed by atoms with Gasteiger partial charge in [0.05, 0.1) is 0 Å². The summed E-state index contributed by atoms with van der Waals surface area (Å²) in [7, 11) is 0. The maximum Gasteiger partial charge on any atom is 0.331 e. The summed E-state index contributed by atoms with van der Waals surface area (Å²) in [5.41, 5.74) is 7.42. The number of ketones is 2. The van der Waals surface area contributed by atoms with Crippen molar-refractivity contribution < 1.29 is 19.2 Å². The van der Waals surface area contributed by atoms with Gasteiger partial charge in [0.2, 0.25) is 5.78 Å². The van der Waals surface area contributed by atoms with E-state index in [0.29, 0.717) is 41.7 Å². The zero-order chi connectivity index (χ0) is 29.8. The topological polar surface area (TPSA) is 77.7 Å². The van der Waals surface area contributed by atoms with Crippen LogP contribution in [0.4, 0.5) is 0 Å². The molecule has 0 amide bonds. The minimum absolute atomic E-state index is 0.0223. The van der Waals surface area contributed by atoms with Crippen LogP contribution < -0.4 is 0 Å². The van der Waals surface area contributed by atoms with Crippen molar-refractivity contribution in [2.75, 3.05) is 5.75 Å². The summed E-state index contributed by atoms with van der Waals surface area (Å²) < 4.78 is 2.26. The third-order valence-corrected chi connectivity index (χ3v) is 8.61. The quantitative estimate of drug-likeness (QED) is 0.0640. The minimum atomic E-state index is -0.566. The highest BCUT2D eigenvalue weighted by molar-refractivity contribution is 7.99. The number of nitrogens with zero attached hydrogens (tertiary/aromatic N) is 2. The highest BCUT2D eigenvalue weighted by Gasteiger charge is 2.26. The number of hydrogen-bond acceptors (Lipinski definition) is 6. The molecule has 214 valence electrons. The Morgan fingerprint density at radius 2 is 1.74 bits per heavy atom. The lowest BCUT2D eigenvalue weighted by Crippen LogP contribution is -2.20. The van der Waals surface area contributed by atoms with Crippen LogP contribution in [0.25, 0.3) is 17.0 Å². The van der Waals surface area contributed by atoms with Gasteiger partial charge in [-0.05, 0) is 75.6 Å². The van der Waals surface area contributed by atoms with Crippen LogP contribution in [0.5, 0.6) is 0 Å². The molecule has 1 aromatic heterocycles. The van der Waals surface area contributed by atoms with E-state index in [9.17, 15) is 14.4 Å². The maximum absolute atomic E-state index is 13.8. The summed E-state index contributed by atoms with van der Waals surface area (Å²) in [6.45, 7) is 8.14. The normalized spacial score (nSPS) is 13.0. The highest BCUT2D eigenvalue weighted by atomic mass is 32.2. The van der Waals surface area contributed by atoms with Crippen LogP contribution in [-0.4, -0.2) is 33.6 Å². The van der Waals surface area contributed by atoms with E-state index in [2.05, 4.69) is 40.9 Å². The number of rotatable bonds is 10. The summed E-state index contributed by atoms with van der Waals surface area (Å²) in [5.74, 6) is -0.183. The SMILES string of the molecule is CCn1c2c(c3cc(C(=O)c4ccccc4C)ccc31)C=C(C(=O)C(CCSc1ccc(C)cc1)=NOC(C)=O)CC2. The third kappa shape index (κ3) is 6.16. The first kappa shape index (κ1) is 29.3. The van der Waals surface area contributed by atoms with Crippen LogP contribution in [0.2, 0.25) is 0 Å². The molecule has 42 heavy (non-hydrogen) atoms. The molecule has 4 aromatic rings. The number of aryl methyl sites for hydroxylation is 3. The molecule has 0 saturated heterocycles. The molecule has 0 spiro atoms. The summed E-state index contributed by atoms with van der Waals surface area (Å²) in [6, 6.07) is 21.7. The molecule has 0 fully saturated rings. The zero-order valence-corrected chi connectivity index (χ0v) is 25.2. The van der Waals surface area contributed by atoms with Gasteiger partial charge in [0.1, 0.15) is 5.71 Å². The Labute approximate surface area is 250 Å². The lowest BCUT2D eigenvalue weighted by atomic mass is 9.90. The van der Waals surface area contributed by atoms with Gasteiger partial charge in [-0.2, -0.15) is 0 Å². The van der Waals surface area contributed by atoms with Gasteiger partial charge in [0, 0.05) is 69.4 Å². The van der Waals surface area contributed by atoms with Crippen molar-refractivity contribution >= 4 is 52.0 Å². The smallest absolute Gasteiger partial charge is 0.331 e. The van der Waals surface area contributed by atoms with E-state index in [4.69, 9.17) is 4.84 Å². The van der Waals surface area contributed by atoms with Crippen LogP contribution >= 0.6 is 11.8 Å². The van der Waals surface area contributed by atoms with Crippen molar-refractivity contribution in [1.29, 1.82) is 0 Å². The van der Waals surface area contributed by atoms with Crippen molar-refractivity contribution in [2.45, 2.75) is 58.4 Å². The number of Topliss-reactive ketones (excluding diaryl/α,β-unsaturated/α-hetero) is 1. The van der Waals surface area contributed by atoms with E-state index < -0.39 is 5.97 Å². The van der Waals surface area contributed by atoms with E-state index in [1.807, 2.05) is 62.4 Å². The van der Waals surface area contributed by atoms with Crippen LogP contribution in [0, 0.1) is 13.8 Å². The number of fused-ring (bicyclic) bond motifs is 3. The fourth-order valence-corrected chi connectivity index (χ4v) is 6.29. The molecule has 1 aliphatic carbocycles. The van der Waals surface area contributed by atoms with Gasteiger partial charge in [-0.1, -0.05) is 47.1 Å². The Bertz CT molecular complexity index is 1740. The molecule has 0 saturated carbocycles. The van der Waals surface area contributed by atoms with Crippen molar-refractivity contribution in [3.63, 3.8) is 0 Å². The Hall–Kier alpha value is -4.23. The number of benzene rings is 3. The van der Waals surface area contributed by atoms with Crippen molar-refractivity contribution in [3.05, 3.63) is 106 Å². The molecule has 7 heteroatoms. The lowest BCUT2D eigenvalue weighted by molar-refractivity contribution is -0.140. The summed E-state index contributed by atoms with van der Waals surface area (Å²) in [4.78, 5) is 44.8. The molecule has 1 aliphatic rings. The molecule has 0 unspecified atom stereocenters. The van der Waals surface area contributed by atoms with Gasteiger partial charge in [0.25, 0.3) is 0 Å². The van der Waals surface area contributed by atoms with E-state index in [-0.39, 0.29) is 17.3 Å². The second kappa shape index (κ2) is 12.7. The number of hydrogen-bond donors (Lipinski definition) is 0. The fraction of sp³-hybridized carbons (Fsp3) is 0.257.